The Morgan fingerprint density at radius 3 is 2.57 bits per heavy atom. The van der Waals surface area contributed by atoms with E-state index in [2.05, 4.69) is 13.8 Å². The van der Waals surface area contributed by atoms with E-state index >= 15 is 0 Å². The number of rotatable bonds is 6. The van der Waals surface area contributed by atoms with Crippen molar-refractivity contribution >= 4 is 11.6 Å². The van der Waals surface area contributed by atoms with Crippen LogP contribution in [-0.2, 0) is 6.42 Å². The molecule has 1 saturated carbocycles. The van der Waals surface area contributed by atoms with E-state index in [0.29, 0.717) is 6.10 Å². The van der Waals surface area contributed by atoms with Crippen LogP contribution in [0.25, 0.3) is 0 Å². The van der Waals surface area contributed by atoms with Crippen molar-refractivity contribution in [1.29, 1.82) is 0 Å². The molecule has 0 saturated heterocycles. The average Bonchev–Trinajstić information content (AvgIpc) is 2.50. The SMILES string of the molecule is CCC(N)Cc1cc(Cl)ccc1OC1CCC(CC)CC1. The highest BCUT2D eigenvalue weighted by Crippen LogP contribution is 2.32. The van der Waals surface area contributed by atoms with E-state index in [1.54, 1.807) is 0 Å². The molecular formula is C18H28ClNO. The summed E-state index contributed by atoms with van der Waals surface area (Å²) in [6, 6.07) is 6.09. The van der Waals surface area contributed by atoms with Gasteiger partial charge in [-0.05, 0) is 68.2 Å². The van der Waals surface area contributed by atoms with E-state index in [9.17, 15) is 0 Å². The van der Waals surface area contributed by atoms with E-state index in [1.807, 2.05) is 18.2 Å². The second-order valence-electron chi connectivity index (χ2n) is 6.29. The molecule has 0 amide bonds. The van der Waals surface area contributed by atoms with Crippen LogP contribution >= 0.6 is 11.6 Å². The summed E-state index contributed by atoms with van der Waals surface area (Å²) >= 11 is 6.13. The van der Waals surface area contributed by atoms with Crippen LogP contribution in [0.15, 0.2) is 18.2 Å². The van der Waals surface area contributed by atoms with Crippen LogP contribution in [0.3, 0.4) is 0 Å². The zero-order valence-corrected chi connectivity index (χ0v) is 14.0. The lowest BCUT2D eigenvalue weighted by molar-refractivity contribution is 0.128. The number of hydrogen-bond acceptors (Lipinski definition) is 2. The lowest BCUT2D eigenvalue weighted by atomic mass is 9.86. The molecule has 1 unspecified atom stereocenters. The first kappa shape index (κ1) is 16.6. The Kier molecular flexibility index (Phi) is 6.38. The molecule has 0 radical (unpaired) electrons. The Bertz CT molecular complexity index is 441. The van der Waals surface area contributed by atoms with E-state index in [4.69, 9.17) is 22.1 Å². The van der Waals surface area contributed by atoms with Crippen LogP contribution in [0.2, 0.25) is 5.02 Å². The summed E-state index contributed by atoms with van der Waals surface area (Å²) in [5.74, 6) is 1.87. The Labute approximate surface area is 134 Å². The quantitative estimate of drug-likeness (QED) is 0.805. The molecule has 0 aromatic heterocycles. The van der Waals surface area contributed by atoms with Crippen molar-refractivity contribution in [3.05, 3.63) is 28.8 Å². The number of ether oxygens (including phenoxy) is 1. The fourth-order valence-corrected chi connectivity index (χ4v) is 3.28. The molecule has 1 fully saturated rings. The van der Waals surface area contributed by atoms with Gasteiger partial charge < -0.3 is 10.5 Å². The summed E-state index contributed by atoms with van der Waals surface area (Å²) in [6.07, 6.45) is 8.36. The molecular weight excluding hydrogens is 282 g/mol. The van der Waals surface area contributed by atoms with Crippen LogP contribution in [0.1, 0.15) is 57.9 Å². The fourth-order valence-electron chi connectivity index (χ4n) is 3.09. The molecule has 3 heteroatoms. The fraction of sp³-hybridized carbons (Fsp3) is 0.667. The van der Waals surface area contributed by atoms with E-state index in [0.717, 1.165) is 35.1 Å². The minimum Gasteiger partial charge on any atom is -0.490 e. The molecule has 118 valence electrons. The van der Waals surface area contributed by atoms with Gasteiger partial charge in [0.1, 0.15) is 5.75 Å². The van der Waals surface area contributed by atoms with Gasteiger partial charge in [0.2, 0.25) is 0 Å². The van der Waals surface area contributed by atoms with Gasteiger partial charge >= 0.3 is 0 Å². The number of halogens is 1. The molecule has 2 nitrogen and oxygen atoms in total. The predicted octanol–water partition coefficient (Wildman–Crippen LogP) is 4.97. The van der Waals surface area contributed by atoms with E-state index < -0.39 is 0 Å². The standard InChI is InChI=1S/C18H28ClNO/c1-3-13-5-8-17(9-6-13)21-18-10-7-15(19)11-14(18)12-16(20)4-2/h7,10-11,13,16-17H,3-6,8-9,12,20H2,1-2H3. The first-order valence-electron chi connectivity index (χ1n) is 8.33. The van der Waals surface area contributed by atoms with Crippen LogP contribution < -0.4 is 10.5 Å². The highest BCUT2D eigenvalue weighted by Gasteiger charge is 2.22. The topological polar surface area (TPSA) is 35.2 Å². The highest BCUT2D eigenvalue weighted by atomic mass is 35.5. The molecule has 0 spiro atoms. The van der Waals surface area contributed by atoms with E-state index in [1.165, 1.54) is 32.1 Å². The van der Waals surface area contributed by atoms with Crippen molar-refractivity contribution in [3.63, 3.8) is 0 Å². The maximum atomic E-state index is 6.27. The normalized spacial score (nSPS) is 23.8. The number of nitrogens with two attached hydrogens (primary N) is 1. The molecule has 1 aliphatic carbocycles. The van der Waals surface area contributed by atoms with Gasteiger partial charge in [-0.3, -0.25) is 0 Å². The molecule has 1 aromatic carbocycles. The molecule has 0 aliphatic heterocycles. The average molecular weight is 310 g/mol. The number of benzene rings is 1. The van der Waals surface area contributed by atoms with Crippen molar-refractivity contribution in [2.24, 2.45) is 11.7 Å². The van der Waals surface area contributed by atoms with Crippen molar-refractivity contribution in [2.75, 3.05) is 0 Å². The molecule has 2 N–H and O–H groups in total. The summed E-state index contributed by atoms with van der Waals surface area (Å²) in [5.41, 5.74) is 7.24. The van der Waals surface area contributed by atoms with Crippen LogP contribution in [0.5, 0.6) is 5.75 Å². The Hall–Kier alpha value is -0.730. The zero-order valence-electron chi connectivity index (χ0n) is 13.3. The summed E-state index contributed by atoms with van der Waals surface area (Å²) < 4.78 is 6.27. The molecule has 1 aromatic rings. The van der Waals surface area contributed by atoms with E-state index in [-0.39, 0.29) is 6.04 Å². The van der Waals surface area contributed by atoms with Gasteiger partial charge in [-0.1, -0.05) is 31.9 Å². The molecule has 2 rings (SSSR count). The van der Waals surface area contributed by atoms with Gasteiger partial charge in [-0.15, -0.1) is 0 Å². The van der Waals surface area contributed by atoms with Crippen molar-refractivity contribution in [1.82, 2.24) is 0 Å². The van der Waals surface area contributed by atoms with Crippen LogP contribution in [-0.4, -0.2) is 12.1 Å². The van der Waals surface area contributed by atoms with Gasteiger partial charge in [0.15, 0.2) is 0 Å². The lowest BCUT2D eigenvalue weighted by Gasteiger charge is -2.29. The third kappa shape index (κ3) is 4.89. The first-order valence-corrected chi connectivity index (χ1v) is 8.70. The van der Waals surface area contributed by atoms with Gasteiger partial charge in [0.25, 0.3) is 0 Å². The maximum Gasteiger partial charge on any atom is 0.123 e. The molecule has 1 aliphatic rings. The van der Waals surface area contributed by atoms with Crippen molar-refractivity contribution in [2.45, 2.75) is 70.9 Å². The predicted molar refractivity (Wildman–Crippen MR) is 90.1 cm³/mol. The zero-order chi connectivity index (χ0) is 15.2. The number of hydrogen-bond donors (Lipinski definition) is 1. The molecule has 1 atom stereocenters. The van der Waals surface area contributed by atoms with Crippen LogP contribution in [0, 0.1) is 5.92 Å². The smallest absolute Gasteiger partial charge is 0.123 e. The third-order valence-electron chi connectivity index (χ3n) is 4.69. The van der Waals surface area contributed by atoms with Crippen molar-refractivity contribution < 1.29 is 4.74 Å². The highest BCUT2D eigenvalue weighted by molar-refractivity contribution is 6.30. The monoisotopic (exact) mass is 309 g/mol. The van der Waals surface area contributed by atoms with Gasteiger partial charge in [0, 0.05) is 11.1 Å². The second kappa shape index (κ2) is 8.05. The Morgan fingerprint density at radius 2 is 1.95 bits per heavy atom. The summed E-state index contributed by atoms with van der Waals surface area (Å²) in [5, 5.41) is 0.760. The minimum atomic E-state index is 0.168. The second-order valence-corrected chi connectivity index (χ2v) is 6.73. The molecule has 21 heavy (non-hydrogen) atoms. The van der Waals surface area contributed by atoms with Crippen molar-refractivity contribution in [3.8, 4) is 5.75 Å². The largest absolute Gasteiger partial charge is 0.490 e. The van der Waals surface area contributed by atoms with Crippen LogP contribution in [0.4, 0.5) is 0 Å². The third-order valence-corrected chi connectivity index (χ3v) is 4.93. The van der Waals surface area contributed by atoms with Gasteiger partial charge in [-0.25, -0.2) is 0 Å². The maximum absolute atomic E-state index is 6.27. The summed E-state index contributed by atoms with van der Waals surface area (Å²) in [4.78, 5) is 0. The summed E-state index contributed by atoms with van der Waals surface area (Å²) in [7, 11) is 0. The van der Waals surface area contributed by atoms with Gasteiger partial charge in [0.05, 0.1) is 6.10 Å². The lowest BCUT2D eigenvalue weighted by Crippen LogP contribution is -2.25. The van der Waals surface area contributed by atoms with Gasteiger partial charge in [-0.2, -0.15) is 0 Å². The first-order chi connectivity index (χ1) is 10.1. The minimum absolute atomic E-state index is 0.168. The Morgan fingerprint density at radius 1 is 1.24 bits per heavy atom. The summed E-state index contributed by atoms with van der Waals surface area (Å²) in [6.45, 7) is 4.40. The Balaban J connectivity index is 2.02. The molecule has 0 bridgehead atoms. The molecule has 0 heterocycles.